The molecule has 0 saturated carbocycles. The van der Waals surface area contributed by atoms with E-state index in [9.17, 15) is 4.79 Å². The quantitative estimate of drug-likeness (QED) is 0.777. The Bertz CT molecular complexity index is 774. The highest BCUT2D eigenvalue weighted by Gasteiger charge is 2.03. The van der Waals surface area contributed by atoms with Gasteiger partial charge in [-0.2, -0.15) is 0 Å². The molecule has 0 bridgehead atoms. The molecule has 0 saturated heterocycles. The molecule has 110 valence electrons. The Hall–Kier alpha value is -2.95. The molecule has 0 fully saturated rings. The van der Waals surface area contributed by atoms with Gasteiger partial charge >= 0.3 is 6.03 Å². The second-order valence-corrected chi connectivity index (χ2v) is 4.88. The highest BCUT2D eigenvalue weighted by Crippen LogP contribution is 2.14. The summed E-state index contributed by atoms with van der Waals surface area (Å²) >= 11 is 0. The summed E-state index contributed by atoms with van der Waals surface area (Å²) in [4.78, 5) is 20.2. The van der Waals surface area contributed by atoms with Crippen molar-refractivity contribution in [3.8, 4) is 0 Å². The monoisotopic (exact) mass is 292 g/mol. The minimum atomic E-state index is -0.253. The number of nitrogens with one attached hydrogen (secondary N) is 2. The molecule has 2 heterocycles. The predicted molar refractivity (Wildman–Crippen MR) is 86.7 cm³/mol. The van der Waals surface area contributed by atoms with Crippen LogP contribution in [0, 0.1) is 0 Å². The molecule has 1 aromatic carbocycles. The van der Waals surface area contributed by atoms with Crippen molar-refractivity contribution >= 4 is 22.8 Å². The molecule has 0 spiro atoms. The predicted octanol–water partition coefficient (Wildman–Crippen LogP) is 2.99. The zero-order valence-electron chi connectivity index (χ0n) is 12.0. The highest BCUT2D eigenvalue weighted by molar-refractivity contribution is 5.90. The molecule has 0 radical (unpaired) electrons. The largest absolute Gasteiger partial charge is 0.337 e. The van der Waals surface area contributed by atoms with Crippen molar-refractivity contribution in [1.29, 1.82) is 0 Å². The van der Waals surface area contributed by atoms with E-state index in [1.54, 1.807) is 18.5 Å². The summed E-state index contributed by atoms with van der Waals surface area (Å²) in [5.74, 6) is 0.542. The molecule has 0 aliphatic carbocycles. The van der Waals surface area contributed by atoms with Crippen LogP contribution in [-0.2, 0) is 6.42 Å². The van der Waals surface area contributed by atoms with E-state index in [0.717, 1.165) is 22.9 Å². The zero-order valence-corrected chi connectivity index (χ0v) is 12.0. The van der Waals surface area contributed by atoms with Crippen molar-refractivity contribution in [3.63, 3.8) is 0 Å². The molecular weight excluding hydrogens is 276 g/mol. The molecular formula is C17H16N4O. The molecule has 0 aliphatic heterocycles. The Morgan fingerprint density at radius 2 is 1.82 bits per heavy atom. The number of hydrogen-bond donors (Lipinski definition) is 2. The number of carbonyl (C=O) groups excluding carboxylic acids is 1. The standard InChI is InChI=1S/C17H16N4O/c22-17(19-12-9-13-7-10-18-11-8-13)21-16-6-5-14-3-1-2-4-15(14)20-16/h1-8,10-11H,9,12H2,(H2,19,20,21,22). The van der Waals surface area contributed by atoms with Crippen LogP contribution in [-0.4, -0.2) is 22.5 Å². The second-order valence-electron chi connectivity index (χ2n) is 4.88. The number of amides is 2. The molecule has 5 nitrogen and oxygen atoms in total. The normalized spacial score (nSPS) is 10.4. The average Bonchev–Trinajstić information content (AvgIpc) is 2.56. The van der Waals surface area contributed by atoms with Crippen LogP contribution in [0.15, 0.2) is 60.9 Å². The maximum atomic E-state index is 11.9. The van der Waals surface area contributed by atoms with Crippen LogP contribution >= 0.6 is 0 Å². The summed E-state index contributed by atoms with van der Waals surface area (Å²) in [6, 6.07) is 15.1. The third-order valence-electron chi connectivity index (χ3n) is 3.29. The summed E-state index contributed by atoms with van der Waals surface area (Å²) in [5, 5.41) is 6.61. The van der Waals surface area contributed by atoms with Crippen LogP contribution in [0.2, 0.25) is 0 Å². The number of fused-ring (bicyclic) bond motifs is 1. The minimum Gasteiger partial charge on any atom is -0.337 e. The number of urea groups is 1. The van der Waals surface area contributed by atoms with Crippen LogP contribution in [0.5, 0.6) is 0 Å². The van der Waals surface area contributed by atoms with Crippen molar-refractivity contribution in [1.82, 2.24) is 15.3 Å². The summed E-state index contributed by atoms with van der Waals surface area (Å²) < 4.78 is 0. The van der Waals surface area contributed by atoms with Gasteiger partial charge in [-0.1, -0.05) is 18.2 Å². The van der Waals surface area contributed by atoms with Gasteiger partial charge in [0.05, 0.1) is 5.52 Å². The molecule has 2 N–H and O–H groups in total. The van der Waals surface area contributed by atoms with Gasteiger partial charge in [-0.25, -0.2) is 9.78 Å². The van der Waals surface area contributed by atoms with Gasteiger partial charge in [0.15, 0.2) is 0 Å². The Balaban J connectivity index is 1.54. The molecule has 0 unspecified atom stereocenters. The number of nitrogens with zero attached hydrogens (tertiary/aromatic N) is 2. The minimum absolute atomic E-state index is 0.253. The Morgan fingerprint density at radius 3 is 2.68 bits per heavy atom. The van der Waals surface area contributed by atoms with Crippen LogP contribution in [0.25, 0.3) is 10.9 Å². The van der Waals surface area contributed by atoms with Gasteiger partial charge in [0.2, 0.25) is 0 Å². The number of rotatable bonds is 4. The fourth-order valence-electron chi connectivity index (χ4n) is 2.17. The number of anilines is 1. The van der Waals surface area contributed by atoms with E-state index >= 15 is 0 Å². The van der Waals surface area contributed by atoms with Crippen LogP contribution in [0.4, 0.5) is 10.6 Å². The molecule has 0 atom stereocenters. The van der Waals surface area contributed by atoms with Crippen molar-refractivity contribution in [2.24, 2.45) is 0 Å². The molecule has 2 aromatic heterocycles. The fourth-order valence-corrected chi connectivity index (χ4v) is 2.17. The number of aromatic nitrogens is 2. The van der Waals surface area contributed by atoms with Gasteiger partial charge in [-0.3, -0.25) is 10.3 Å². The van der Waals surface area contributed by atoms with Gasteiger partial charge in [0.25, 0.3) is 0 Å². The Kier molecular flexibility index (Phi) is 4.25. The van der Waals surface area contributed by atoms with Crippen molar-refractivity contribution in [2.45, 2.75) is 6.42 Å². The summed E-state index contributed by atoms with van der Waals surface area (Å²) in [5.41, 5.74) is 2.00. The van der Waals surface area contributed by atoms with Gasteiger partial charge in [0, 0.05) is 24.3 Å². The fraction of sp³-hybridized carbons (Fsp3) is 0.118. The molecule has 3 aromatic rings. The van der Waals surface area contributed by atoms with Crippen LogP contribution in [0.1, 0.15) is 5.56 Å². The molecule has 3 rings (SSSR count). The van der Waals surface area contributed by atoms with Gasteiger partial charge in [0.1, 0.15) is 5.82 Å². The van der Waals surface area contributed by atoms with E-state index in [4.69, 9.17) is 0 Å². The molecule has 0 aliphatic rings. The number of carbonyl (C=O) groups is 1. The third-order valence-corrected chi connectivity index (χ3v) is 3.29. The number of para-hydroxylation sites is 1. The lowest BCUT2D eigenvalue weighted by Crippen LogP contribution is -2.30. The maximum Gasteiger partial charge on any atom is 0.320 e. The summed E-state index contributed by atoms with van der Waals surface area (Å²) in [6.07, 6.45) is 4.25. The Labute approximate surface area is 128 Å². The highest BCUT2D eigenvalue weighted by atomic mass is 16.2. The number of hydrogen-bond acceptors (Lipinski definition) is 3. The average molecular weight is 292 g/mol. The van der Waals surface area contributed by atoms with E-state index in [2.05, 4.69) is 20.6 Å². The van der Waals surface area contributed by atoms with Gasteiger partial charge < -0.3 is 5.32 Å². The molecule has 22 heavy (non-hydrogen) atoms. The summed E-state index contributed by atoms with van der Waals surface area (Å²) in [7, 11) is 0. The first-order valence-corrected chi connectivity index (χ1v) is 7.11. The topological polar surface area (TPSA) is 66.9 Å². The SMILES string of the molecule is O=C(NCCc1ccncc1)Nc1ccc2ccccc2n1. The smallest absolute Gasteiger partial charge is 0.320 e. The molecule has 2 amide bonds. The molecule has 5 heteroatoms. The van der Waals surface area contributed by atoms with Crippen LogP contribution in [0.3, 0.4) is 0 Å². The first kappa shape index (κ1) is 14.0. The van der Waals surface area contributed by atoms with Gasteiger partial charge in [-0.15, -0.1) is 0 Å². The van der Waals surface area contributed by atoms with E-state index in [0.29, 0.717) is 12.4 Å². The lowest BCUT2D eigenvalue weighted by molar-refractivity contribution is 0.252. The zero-order chi connectivity index (χ0) is 15.2. The van der Waals surface area contributed by atoms with Crippen molar-refractivity contribution < 1.29 is 4.79 Å². The van der Waals surface area contributed by atoms with E-state index in [1.807, 2.05) is 42.5 Å². The van der Waals surface area contributed by atoms with Gasteiger partial charge in [-0.05, 0) is 42.3 Å². The van der Waals surface area contributed by atoms with E-state index in [1.165, 1.54) is 0 Å². The number of benzene rings is 1. The van der Waals surface area contributed by atoms with Crippen LogP contribution < -0.4 is 10.6 Å². The maximum absolute atomic E-state index is 11.9. The first-order chi connectivity index (χ1) is 10.8. The van der Waals surface area contributed by atoms with E-state index < -0.39 is 0 Å². The summed E-state index contributed by atoms with van der Waals surface area (Å²) in [6.45, 7) is 0.559. The Morgan fingerprint density at radius 1 is 1.00 bits per heavy atom. The van der Waals surface area contributed by atoms with Crippen molar-refractivity contribution in [3.05, 3.63) is 66.5 Å². The van der Waals surface area contributed by atoms with Crippen molar-refractivity contribution in [2.75, 3.05) is 11.9 Å². The first-order valence-electron chi connectivity index (χ1n) is 7.11. The van der Waals surface area contributed by atoms with E-state index in [-0.39, 0.29) is 6.03 Å². The lowest BCUT2D eigenvalue weighted by atomic mass is 10.2. The lowest BCUT2D eigenvalue weighted by Gasteiger charge is -2.07. The number of pyridine rings is 2. The second kappa shape index (κ2) is 6.67. The third kappa shape index (κ3) is 3.58.